The molecule has 1 saturated heterocycles. The fourth-order valence-corrected chi connectivity index (χ4v) is 6.27. The topological polar surface area (TPSA) is 74.9 Å². The minimum absolute atomic E-state index is 0.170. The summed E-state index contributed by atoms with van der Waals surface area (Å²) >= 11 is 0. The van der Waals surface area contributed by atoms with Crippen molar-refractivity contribution in [1.29, 1.82) is 0 Å². The molecular weight excluding hydrogens is 502 g/mol. The zero-order chi connectivity index (χ0) is 28.0. The number of para-hydroxylation sites is 2. The van der Waals surface area contributed by atoms with E-state index in [1.165, 1.54) is 4.90 Å². The van der Waals surface area contributed by atoms with Crippen LogP contribution < -0.4 is 14.4 Å². The fraction of sp³-hybridized carbons (Fsp3) is 0.333. The molecule has 2 atom stereocenters. The van der Waals surface area contributed by atoms with Crippen LogP contribution in [-0.2, 0) is 16.8 Å². The van der Waals surface area contributed by atoms with Crippen molar-refractivity contribution in [2.75, 3.05) is 24.7 Å². The Morgan fingerprint density at radius 2 is 1.73 bits per heavy atom. The first-order valence-electron chi connectivity index (χ1n) is 14.2. The molecule has 40 heavy (non-hydrogen) atoms. The van der Waals surface area contributed by atoms with Gasteiger partial charge in [-0.05, 0) is 67.6 Å². The molecule has 206 valence electrons. The summed E-state index contributed by atoms with van der Waals surface area (Å²) in [4.78, 5) is 35.1. The summed E-state index contributed by atoms with van der Waals surface area (Å²) in [6.45, 7) is 9.42. The average molecular weight is 538 g/mol. The van der Waals surface area contributed by atoms with Gasteiger partial charge in [0.15, 0.2) is 17.0 Å². The third-order valence-corrected chi connectivity index (χ3v) is 8.27. The molecular formula is C33H35N3O4. The second kappa shape index (κ2) is 10.0. The number of benzene rings is 3. The maximum atomic E-state index is 14.3. The monoisotopic (exact) mass is 537 g/mol. The zero-order valence-electron chi connectivity index (χ0n) is 23.5. The van der Waals surface area contributed by atoms with E-state index in [1.807, 2.05) is 75.4 Å². The molecule has 1 fully saturated rings. The predicted octanol–water partition coefficient (Wildman–Crippen LogP) is 6.75. The number of ether oxygens (including phenoxy) is 2. The van der Waals surface area contributed by atoms with Crippen molar-refractivity contribution < 1.29 is 19.1 Å². The Kier molecular flexibility index (Phi) is 6.53. The first-order valence-corrected chi connectivity index (χ1v) is 14.2. The quantitative estimate of drug-likeness (QED) is 0.252. The van der Waals surface area contributed by atoms with Gasteiger partial charge in [0.1, 0.15) is 0 Å². The number of hydrogen-bond donors (Lipinski definition) is 1. The number of aryl methyl sites for hydroxylation is 1. The Bertz CT molecular complexity index is 1610. The van der Waals surface area contributed by atoms with Gasteiger partial charge in [0, 0.05) is 23.4 Å². The van der Waals surface area contributed by atoms with E-state index in [4.69, 9.17) is 9.47 Å². The standard InChI is InChI=1S/C33H35N3O4/c1-5-18-40-27-17-16-22(19-28(27)39-7-3)24-20-35-32(38)36(26-15-11-8-12-21(26)6-2)31(37)33(35,4)30-29(24)23-13-9-10-14-25(23)34-30/h8-17,19,24,34H,5-7,18,20H2,1-4H3/t24?,33-/m0/s1. The SMILES string of the molecule is CCCOc1ccc(C2CN3C(=O)N(c4ccccc4CC)C(=O)[C@]3(C)c3[nH]c4ccccc4c32)cc1OCC. The molecule has 3 amide bonds. The lowest BCUT2D eigenvalue weighted by molar-refractivity contribution is -0.125. The maximum absolute atomic E-state index is 14.3. The minimum atomic E-state index is -1.16. The summed E-state index contributed by atoms with van der Waals surface area (Å²) in [5, 5.41) is 1.06. The van der Waals surface area contributed by atoms with Gasteiger partial charge in [-0.2, -0.15) is 0 Å². The lowest BCUT2D eigenvalue weighted by Gasteiger charge is -2.40. The zero-order valence-corrected chi connectivity index (χ0v) is 23.5. The lowest BCUT2D eigenvalue weighted by atomic mass is 9.78. The Morgan fingerprint density at radius 3 is 2.50 bits per heavy atom. The maximum Gasteiger partial charge on any atom is 0.332 e. The average Bonchev–Trinajstić information content (AvgIpc) is 3.46. The van der Waals surface area contributed by atoms with Gasteiger partial charge in [0.05, 0.1) is 24.6 Å². The molecule has 0 bridgehead atoms. The Labute approximate surface area is 234 Å². The second-order valence-electron chi connectivity index (χ2n) is 10.6. The Hall–Kier alpha value is -4.26. The Morgan fingerprint density at radius 1 is 0.950 bits per heavy atom. The van der Waals surface area contributed by atoms with Gasteiger partial charge in [-0.25, -0.2) is 9.69 Å². The van der Waals surface area contributed by atoms with E-state index in [9.17, 15) is 9.59 Å². The van der Waals surface area contributed by atoms with Crippen LogP contribution in [0.25, 0.3) is 10.9 Å². The third kappa shape index (κ3) is 3.79. The minimum Gasteiger partial charge on any atom is -0.490 e. The number of amides is 3. The van der Waals surface area contributed by atoms with Crippen molar-refractivity contribution in [3.05, 3.63) is 89.1 Å². The molecule has 1 aromatic heterocycles. The van der Waals surface area contributed by atoms with Gasteiger partial charge >= 0.3 is 6.03 Å². The van der Waals surface area contributed by atoms with Crippen LogP contribution in [-0.4, -0.2) is 41.6 Å². The first kappa shape index (κ1) is 26.0. The van der Waals surface area contributed by atoms with E-state index in [-0.39, 0.29) is 17.9 Å². The molecule has 2 aliphatic rings. The largest absolute Gasteiger partial charge is 0.490 e. The molecule has 4 aromatic rings. The summed E-state index contributed by atoms with van der Waals surface area (Å²) in [5.74, 6) is 0.993. The van der Waals surface area contributed by atoms with Crippen LogP contribution in [0.4, 0.5) is 10.5 Å². The first-order chi connectivity index (χ1) is 19.4. The molecule has 0 saturated carbocycles. The number of H-pyrrole nitrogens is 1. The summed E-state index contributed by atoms with van der Waals surface area (Å²) in [6, 6.07) is 21.5. The second-order valence-corrected chi connectivity index (χ2v) is 10.6. The van der Waals surface area contributed by atoms with E-state index >= 15 is 0 Å². The number of hydrogen-bond acceptors (Lipinski definition) is 4. The van der Waals surface area contributed by atoms with Gasteiger partial charge in [-0.1, -0.05) is 56.3 Å². The van der Waals surface area contributed by atoms with Crippen LogP contribution >= 0.6 is 0 Å². The summed E-state index contributed by atoms with van der Waals surface area (Å²) in [6.07, 6.45) is 1.62. The normalized spacial score (nSPS) is 20.1. The highest BCUT2D eigenvalue weighted by molar-refractivity contribution is 6.24. The van der Waals surface area contributed by atoms with E-state index in [0.29, 0.717) is 36.9 Å². The molecule has 3 aromatic carbocycles. The van der Waals surface area contributed by atoms with Crippen molar-refractivity contribution in [2.24, 2.45) is 0 Å². The number of carbonyl (C=O) groups excluding carboxylic acids is 2. The van der Waals surface area contributed by atoms with Crippen molar-refractivity contribution in [1.82, 2.24) is 9.88 Å². The molecule has 0 spiro atoms. The number of nitrogens with zero attached hydrogens (tertiary/aromatic N) is 2. The molecule has 0 radical (unpaired) electrons. The van der Waals surface area contributed by atoms with Gasteiger partial charge in [-0.15, -0.1) is 0 Å². The molecule has 6 rings (SSSR count). The fourth-order valence-electron chi connectivity index (χ4n) is 6.27. The number of nitrogens with one attached hydrogen (secondary N) is 1. The van der Waals surface area contributed by atoms with Crippen LogP contribution in [0.15, 0.2) is 66.7 Å². The van der Waals surface area contributed by atoms with Crippen LogP contribution in [0.3, 0.4) is 0 Å². The van der Waals surface area contributed by atoms with E-state index in [2.05, 4.69) is 24.0 Å². The van der Waals surface area contributed by atoms with E-state index < -0.39 is 5.54 Å². The third-order valence-electron chi connectivity index (χ3n) is 8.27. The molecule has 1 unspecified atom stereocenters. The summed E-state index contributed by atoms with van der Waals surface area (Å²) < 4.78 is 12.0. The van der Waals surface area contributed by atoms with Gasteiger partial charge in [0.25, 0.3) is 5.91 Å². The lowest BCUT2D eigenvalue weighted by Crippen LogP contribution is -2.50. The van der Waals surface area contributed by atoms with Crippen LogP contribution in [0.1, 0.15) is 62.4 Å². The predicted molar refractivity (Wildman–Crippen MR) is 156 cm³/mol. The molecule has 2 aliphatic heterocycles. The van der Waals surface area contributed by atoms with Crippen LogP contribution in [0.2, 0.25) is 0 Å². The summed E-state index contributed by atoms with van der Waals surface area (Å²) in [7, 11) is 0. The van der Waals surface area contributed by atoms with Crippen molar-refractivity contribution in [2.45, 2.75) is 52.0 Å². The molecule has 3 heterocycles. The highest BCUT2D eigenvalue weighted by Crippen LogP contribution is 2.51. The smallest absolute Gasteiger partial charge is 0.332 e. The van der Waals surface area contributed by atoms with Gasteiger partial charge < -0.3 is 19.4 Å². The molecule has 7 nitrogen and oxygen atoms in total. The Balaban J connectivity index is 1.53. The number of imide groups is 1. The number of aromatic nitrogens is 1. The number of fused-ring (bicyclic) bond motifs is 5. The highest BCUT2D eigenvalue weighted by atomic mass is 16.5. The van der Waals surface area contributed by atoms with Crippen molar-refractivity contribution >= 4 is 28.5 Å². The number of carbonyl (C=O) groups is 2. The van der Waals surface area contributed by atoms with Crippen LogP contribution in [0.5, 0.6) is 11.5 Å². The number of urea groups is 1. The highest BCUT2D eigenvalue weighted by Gasteiger charge is 2.60. The number of rotatable bonds is 8. The van der Waals surface area contributed by atoms with Crippen LogP contribution in [0, 0.1) is 0 Å². The number of aromatic amines is 1. The number of anilines is 1. The van der Waals surface area contributed by atoms with Crippen molar-refractivity contribution in [3.8, 4) is 11.5 Å². The van der Waals surface area contributed by atoms with E-state index in [0.717, 1.165) is 46.1 Å². The van der Waals surface area contributed by atoms with E-state index in [1.54, 1.807) is 4.90 Å². The summed E-state index contributed by atoms with van der Waals surface area (Å²) in [5.41, 5.74) is 4.23. The molecule has 0 aliphatic carbocycles. The molecule has 7 heteroatoms. The van der Waals surface area contributed by atoms with Crippen molar-refractivity contribution in [3.63, 3.8) is 0 Å². The van der Waals surface area contributed by atoms with Gasteiger partial charge in [-0.3, -0.25) is 4.79 Å². The molecule has 1 N–H and O–H groups in total. The van der Waals surface area contributed by atoms with Gasteiger partial charge in [0.2, 0.25) is 0 Å².